The molecule has 6 heteroatoms. The van der Waals surface area contributed by atoms with Crippen LogP contribution in [-0.4, -0.2) is 62.6 Å². The third-order valence-corrected chi connectivity index (χ3v) is 5.06. The van der Waals surface area contributed by atoms with Gasteiger partial charge in [0, 0.05) is 43.4 Å². The highest BCUT2D eigenvalue weighted by Crippen LogP contribution is 2.21. The van der Waals surface area contributed by atoms with Crippen molar-refractivity contribution in [3.8, 4) is 5.75 Å². The van der Waals surface area contributed by atoms with Crippen molar-refractivity contribution in [3.63, 3.8) is 0 Å². The summed E-state index contributed by atoms with van der Waals surface area (Å²) in [5, 5.41) is 0.742. The molecular weight excluding hydrogens is 362 g/mol. The molecule has 0 bridgehead atoms. The van der Waals surface area contributed by atoms with E-state index in [1.54, 1.807) is 7.11 Å². The predicted molar refractivity (Wildman–Crippen MR) is 110 cm³/mol. The fourth-order valence-corrected chi connectivity index (χ4v) is 3.50. The van der Waals surface area contributed by atoms with E-state index in [1.165, 1.54) is 0 Å². The minimum atomic E-state index is 0.178. The van der Waals surface area contributed by atoms with Gasteiger partial charge in [0.05, 0.1) is 13.7 Å². The average Bonchev–Trinajstić information content (AvgIpc) is 2.68. The minimum Gasteiger partial charge on any atom is -0.497 e. The van der Waals surface area contributed by atoms with Crippen LogP contribution < -0.4 is 9.64 Å². The maximum Gasteiger partial charge on any atom is 0.236 e. The predicted octanol–water partition coefficient (Wildman–Crippen LogP) is 3.13. The van der Waals surface area contributed by atoms with Gasteiger partial charge in [-0.3, -0.25) is 9.69 Å². The molecule has 1 fully saturated rings. The molecule has 1 heterocycles. The molecular formula is C21H26ClN3O2. The van der Waals surface area contributed by atoms with Crippen LogP contribution in [0.2, 0.25) is 5.02 Å². The number of rotatable bonds is 6. The Labute approximate surface area is 166 Å². The normalized spacial score (nSPS) is 14.5. The number of likely N-dealkylation sites (N-methyl/N-ethyl adjacent to an activating group) is 1. The van der Waals surface area contributed by atoms with Crippen LogP contribution in [0.3, 0.4) is 0 Å². The van der Waals surface area contributed by atoms with Crippen LogP contribution in [0.4, 0.5) is 5.69 Å². The van der Waals surface area contributed by atoms with Gasteiger partial charge in [0.2, 0.25) is 5.91 Å². The van der Waals surface area contributed by atoms with Crippen molar-refractivity contribution >= 4 is 23.2 Å². The number of carbonyl (C=O) groups excluding carboxylic acids is 1. The summed E-state index contributed by atoms with van der Waals surface area (Å²) in [5.41, 5.74) is 2.28. The summed E-state index contributed by atoms with van der Waals surface area (Å²) < 4.78 is 5.18. The SMILES string of the molecule is COc1ccc(CN(C)CC(=O)N2CCN(c3cccc(Cl)c3)CC2)cc1. The zero-order chi connectivity index (χ0) is 19.2. The summed E-state index contributed by atoms with van der Waals surface area (Å²) in [5.74, 6) is 1.02. The number of piperazine rings is 1. The van der Waals surface area contributed by atoms with E-state index in [0.29, 0.717) is 6.54 Å². The van der Waals surface area contributed by atoms with Gasteiger partial charge in [-0.15, -0.1) is 0 Å². The van der Waals surface area contributed by atoms with E-state index in [9.17, 15) is 4.79 Å². The molecule has 0 unspecified atom stereocenters. The molecule has 1 aliphatic rings. The second-order valence-corrected chi connectivity index (χ2v) is 7.30. The average molecular weight is 388 g/mol. The third kappa shape index (κ3) is 5.37. The van der Waals surface area contributed by atoms with E-state index >= 15 is 0 Å². The van der Waals surface area contributed by atoms with Crippen molar-refractivity contribution in [1.29, 1.82) is 0 Å². The molecule has 1 amide bonds. The molecule has 0 radical (unpaired) electrons. The third-order valence-electron chi connectivity index (χ3n) is 4.82. The van der Waals surface area contributed by atoms with Crippen molar-refractivity contribution in [1.82, 2.24) is 9.80 Å². The molecule has 0 atom stereocenters. The molecule has 1 aliphatic heterocycles. The Bertz CT molecular complexity index is 758. The van der Waals surface area contributed by atoms with Crippen molar-refractivity contribution in [2.24, 2.45) is 0 Å². The Hall–Kier alpha value is -2.24. The summed E-state index contributed by atoms with van der Waals surface area (Å²) in [6, 6.07) is 15.8. The molecule has 3 rings (SSSR count). The molecule has 0 aliphatic carbocycles. The number of methoxy groups -OCH3 is 1. The smallest absolute Gasteiger partial charge is 0.236 e. The van der Waals surface area contributed by atoms with E-state index in [-0.39, 0.29) is 5.91 Å². The van der Waals surface area contributed by atoms with Crippen LogP contribution >= 0.6 is 11.6 Å². The van der Waals surface area contributed by atoms with Gasteiger partial charge < -0.3 is 14.5 Å². The lowest BCUT2D eigenvalue weighted by molar-refractivity contribution is -0.132. The lowest BCUT2D eigenvalue weighted by Gasteiger charge is -2.36. The van der Waals surface area contributed by atoms with Gasteiger partial charge >= 0.3 is 0 Å². The first-order valence-corrected chi connectivity index (χ1v) is 9.53. The van der Waals surface area contributed by atoms with E-state index in [0.717, 1.165) is 54.7 Å². The number of hydrogen-bond acceptors (Lipinski definition) is 4. The van der Waals surface area contributed by atoms with Crippen LogP contribution in [-0.2, 0) is 11.3 Å². The van der Waals surface area contributed by atoms with Crippen LogP contribution in [0, 0.1) is 0 Å². The molecule has 1 saturated heterocycles. The largest absolute Gasteiger partial charge is 0.497 e. The van der Waals surface area contributed by atoms with Crippen LogP contribution in [0.1, 0.15) is 5.56 Å². The maximum atomic E-state index is 12.6. The topological polar surface area (TPSA) is 36.0 Å². The molecule has 27 heavy (non-hydrogen) atoms. The summed E-state index contributed by atoms with van der Waals surface area (Å²) in [6.07, 6.45) is 0. The van der Waals surface area contributed by atoms with Crippen molar-refractivity contribution < 1.29 is 9.53 Å². The quantitative estimate of drug-likeness (QED) is 0.763. The fourth-order valence-electron chi connectivity index (χ4n) is 3.32. The summed E-state index contributed by atoms with van der Waals surface area (Å²) in [7, 11) is 3.64. The maximum absolute atomic E-state index is 12.6. The standard InChI is InChI=1S/C21H26ClN3O2/c1-23(15-17-6-8-20(27-2)9-7-17)16-21(26)25-12-10-24(11-13-25)19-5-3-4-18(22)14-19/h3-9,14H,10-13,15-16H2,1-2H3. The Morgan fingerprint density at radius 2 is 1.81 bits per heavy atom. The number of halogens is 1. The van der Waals surface area contributed by atoms with Gasteiger partial charge in [0.25, 0.3) is 0 Å². The van der Waals surface area contributed by atoms with Gasteiger partial charge in [-0.1, -0.05) is 29.8 Å². The Balaban J connectivity index is 1.47. The Morgan fingerprint density at radius 1 is 1.11 bits per heavy atom. The van der Waals surface area contributed by atoms with Crippen LogP contribution in [0.5, 0.6) is 5.75 Å². The highest BCUT2D eigenvalue weighted by molar-refractivity contribution is 6.30. The van der Waals surface area contributed by atoms with Crippen molar-refractivity contribution in [3.05, 3.63) is 59.1 Å². The van der Waals surface area contributed by atoms with Crippen molar-refractivity contribution in [2.75, 3.05) is 51.8 Å². The van der Waals surface area contributed by atoms with E-state index in [1.807, 2.05) is 59.3 Å². The second kappa shape index (κ2) is 9.11. The van der Waals surface area contributed by atoms with Gasteiger partial charge in [-0.25, -0.2) is 0 Å². The van der Waals surface area contributed by atoms with Gasteiger partial charge in [0.1, 0.15) is 5.75 Å². The molecule has 2 aromatic rings. The first kappa shape index (κ1) is 19.5. The van der Waals surface area contributed by atoms with Gasteiger partial charge in [-0.2, -0.15) is 0 Å². The first-order valence-electron chi connectivity index (χ1n) is 9.15. The van der Waals surface area contributed by atoms with Crippen molar-refractivity contribution in [2.45, 2.75) is 6.54 Å². The zero-order valence-electron chi connectivity index (χ0n) is 15.9. The molecule has 2 aromatic carbocycles. The van der Waals surface area contributed by atoms with Gasteiger partial charge in [0.15, 0.2) is 0 Å². The number of hydrogen-bond donors (Lipinski definition) is 0. The number of ether oxygens (including phenoxy) is 1. The molecule has 0 N–H and O–H groups in total. The first-order chi connectivity index (χ1) is 13.0. The minimum absolute atomic E-state index is 0.178. The Morgan fingerprint density at radius 3 is 2.44 bits per heavy atom. The molecule has 144 valence electrons. The summed E-state index contributed by atoms with van der Waals surface area (Å²) in [4.78, 5) is 18.9. The second-order valence-electron chi connectivity index (χ2n) is 6.87. The number of carbonyl (C=O) groups is 1. The Kier molecular flexibility index (Phi) is 6.58. The fraction of sp³-hybridized carbons (Fsp3) is 0.381. The van der Waals surface area contributed by atoms with Gasteiger partial charge in [-0.05, 0) is 42.9 Å². The van der Waals surface area contributed by atoms with Crippen LogP contribution in [0.25, 0.3) is 0 Å². The van der Waals surface area contributed by atoms with E-state index in [2.05, 4.69) is 11.0 Å². The number of amides is 1. The molecule has 0 spiro atoms. The highest BCUT2D eigenvalue weighted by Gasteiger charge is 2.22. The molecule has 0 saturated carbocycles. The molecule has 0 aromatic heterocycles. The highest BCUT2D eigenvalue weighted by atomic mass is 35.5. The zero-order valence-corrected chi connectivity index (χ0v) is 16.7. The number of anilines is 1. The van der Waals surface area contributed by atoms with E-state index in [4.69, 9.17) is 16.3 Å². The molecule has 5 nitrogen and oxygen atoms in total. The summed E-state index contributed by atoms with van der Waals surface area (Å²) in [6.45, 7) is 4.29. The number of benzene rings is 2. The van der Waals surface area contributed by atoms with Crippen LogP contribution in [0.15, 0.2) is 48.5 Å². The lowest BCUT2D eigenvalue weighted by atomic mass is 10.2. The summed E-state index contributed by atoms with van der Waals surface area (Å²) >= 11 is 6.08. The number of nitrogens with zero attached hydrogens (tertiary/aromatic N) is 3. The lowest BCUT2D eigenvalue weighted by Crippen LogP contribution is -2.51. The van der Waals surface area contributed by atoms with E-state index < -0.39 is 0 Å². The monoisotopic (exact) mass is 387 g/mol.